The molecule has 0 atom stereocenters. The lowest BCUT2D eigenvalue weighted by Crippen LogP contribution is -2.48. The van der Waals surface area contributed by atoms with Crippen LogP contribution in [0.15, 0.2) is 33.9 Å². The van der Waals surface area contributed by atoms with Gasteiger partial charge in [0.1, 0.15) is 6.54 Å². The average Bonchev–Trinajstić information content (AvgIpc) is 2.66. The second kappa shape index (κ2) is 8.07. The van der Waals surface area contributed by atoms with E-state index < -0.39 is 11.2 Å². The van der Waals surface area contributed by atoms with E-state index in [2.05, 4.69) is 10.3 Å². The standard InChI is InChI=1S/C18H22N4O5/c1-2-27-18(26)21-9-7-12(8-10-21)19-15(23)11-22-14-6-4-3-5-13(14)16(24)20-17(22)25/h3-6,12H,2,7-11H2,1H3,(H,19,23)(H,20,24,25). The molecule has 1 saturated heterocycles. The summed E-state index contributed by atoms with van der Waals surface area (Å²) in [5.74, 6) is -0.316. The Hall–Kier alpha value is -3.10. The van der Waals surface area contributed by atoms with Crippen LogP contribution in [0.25, 0.3) is 10.9 Å². The van der Waals surface area contributed by atoms with Crippen LogP contribution in [0.2, 0.25) is 0 Å². The quantitative estimate of drug-likeness (QED) is 0.806. The van der Waals surface area contributed by atoms with Gasteiger partial charge in [-0.3, -0.25) is 19.1 Å². The number of rotatable bonds is 4. The van der Waals surface area contributed by atoms with Crippen molar-refractivity contribution in [2.75, 3.05) is 19.7 Å². The second-order valence-corrected chi connectivity index (χ2v) is 6.39. The van der Waals surface area contributed by atoms with Crippen LogP contribution in [-0.2, 0) is 16.1 Å². The van der Waals surface area contributed by atoms with Crippen LogP contribution in [0.3, 0.4) is 0 Å². The molecule has 1 aromatic carbocycles. The lowest BCUT2D eigenvalue weighted by atomic mass is 10.1. The molecule has 1 aromatic heterocycles. The zero-order chi connectivity index (χ0) is 19.4. The average molecular weight is 374 g/mol. The molecule has 1 aliphatic rings. The molecule has 27 heavy (non-hydrogen) atoms. The number of likely N-dealkylation sites (tertiary alicyclic amines) is 1. The van der Waals surface area contributed by atoms with Gasteiger partial charge in [-0.05, 0) is 31.9 Å². The Bertz CT molecular complexity index is 956. The molecule has 3 rings (SSSR count). The first-order valence-corrected chi connectivity index (χ1v) is 8.92. The van der Waals surface area contributed by atoms with Crippen LogP contribution < -0.4 is 16.6 Å². The van der Waals surface area contributed by atoms with E-state index in [0.29, 0.717) is 43.4 Å². The molecule has 0 aliphatic carbocycles. The number of carbonyl (C=O) groups is 2. The normalized spacial score (nSPS) is 14.9. The summed E-state index contributed by atoms with van der Waals surface area (Å²) < 4.78 is 6.22. The third kappa shape index (κ3) is 4.18. The van der Waals surface area contributed by atoms with E-state index in [1.54, 1.807) is 36.1 Å². The predicted octanol–water partition coefficient (Wildman–Crippen LogP) is 0.427. The van der Waals surface area contributed by atoms with Crippen molar-refractivity contribution in [3.63, 3.8) is 0 Å². The predicted molar refractivity (Wildman–Crippen MR) is 98.6 cm³/mol. The van der Waals surface area contributed by atoms with Gasteiger partial charge in [0.2, 0.25) is 5.91 Å². The van der Waals surface area contributed by atoms with Crippen LogP contribution in [0.1, 0.15) is 19.8 Å². The highest BCUT2D eigenvalue weighted by atomic mass is 16.6. The molecule has 0 saturated carbocycles. The minimum atomic E-state index is -0.619. The Kier molecular flexibility index (Phi) is 5.58. The summed E-state index contributed by atoms with van der Waals surface area (Å²) in [6, 6.07) is 6.57. The number of para-hydroxylation sites is 1. The maximum atomic E-state index is 12.4. The van der Waals surface area contributed by atoms with Crippen molar-refractivity contribution < 1.29 is 14.3 Å². The zero-order valence-electron chi connectivity index (χ0n) is 15.1. The summed E-state index contributed by atoms with van der Waals surface area (Å²) >= 11 is 0. The smallest absolute Gasteiger partial charge is 0.409 e. The van der Waals surface area contributed by atoms with Gasteiger partial charge in [0.15, 0.2) is 0 Å². The van der Waals surface area contributed by atoms with Crippen molar-refractivity contribution in [1.29, 1.82) is 0 Å². The van der Waals surface area contributed by atoms with Gasteiger partial charge >= 0.3 is 11.8 Å². The van der Waals surface area contributed by atoms with E-state index in [1.165, 1.54) is 4.57 Å². The lowest BCUT2D eigenvalue weighted by Gasteiger charge is -2.31. The Morgan fingerprint density at radius 2 is 1.93 bits per heavy atom. The van der Waals surface area contributed by atoms with Crippen molar-refractivity contribution in [3.8, 4) is 0 Å². The molecule has 1 fully saturated rings. The largest absolute Gasteiger partial charge is 0.450 e. The summed E-state index contributed by atoms with van der Waals surface area (Å²) in [6.45, 7) is 2.91. The number of ether oxygens (including phenoxy) is 1. The highest BCUT2D eigenvalue weighted by Gasteiger charge is 2.24. The molecule has 9 nitrogen and oxygen atoms in total. The Morgan fingerprint density at radius 3 is 2.63 bits per heavy atom. The van der Waals surface area contributed by atoms with Gasteiger partial charge in [0.05, 0.1) is 17.5 Å². The number of benzene rings is 1. The number of aromatic amines is 1. The third-order valence-electron chi connectivity index (χ3n) is 4.59. The Labute approximate surface area is 154 Å². The van der Waals surface area contributed by atoms with Gasteiger partial charge in [-0.15, -0.1) is 0 Å². The first kappa shape index (κ1) is 18.7. The van der Waals surface area contributed by atoms with E-state index in [4.69, 9.17) is 4.74 Å². The van der Waals surface area contributed by atoms with Crippen molar-refractivity contribution in [3.05, 3.63) is 45.1 Å². The number of hydrogen-bond acceptors (Lipinski definition) is 5. The van der Waals surface area contributed by atoms with E-state index >= 15 is 0 Å². The minimum absolute atomic E-state index is 0.0760. The molecule has 0 bridgehead atoms. The Morgan fingerprint density at radius 1 is 1.22 bits per heavy atom. The first-order chi connectivity index (χ1) is 13.0. The molecule has 2 N–H and O–H groups in total. The maximum Gasteiger partial charge on any atom is 0.409 e. The van der Waals surface area contributed by atoms with E-state index in [1.807, 2.05) is 0 Å². The number of nitrogens with zero attached hydrogens (tertiary/aromatic N) is 2. The first-order valence-electron chi connectivity index (χ1n) is 8.92. The molecule has 0 spiro atoms. The summed E-state index contributed by atoms with van der Waals surface area (Å²) in [6.07, 6.45) is 0.894. The molecular formula is C18H22N4O5. The van der Waals surface area contributed by atoms with Crippen LogP contribution in [0.5, 0.6) is 0 Å². The maximum absolute atomic E-state index is 12.4. The number of H-pyrrole nitrogens is 1. The number of carbonyl (C=O) groups excluding carboxylic acids is 2. The fraction of sp³-hybridized carbons (Fsp3) is 0.444. The third-order valence-corrected chi connectivity index (χ3v) is 4.59. The lowest BCUT2D eigenvalue weighted by molar-refractivity contribution is -0.122. The molecule has 0 radical (unpaired) electrons. The topological polar surface area (TPSA) is 114 Å². The summed E-state index contributed by atoms with van der Waals surface area (Å²) in [7, 11) is 0. The molecule has 9 heteroatoms. The number of nitrogens with one attached hydrogen (secondary N) is 2. The van der Waals surface area contributed by atoms with E-state index in [0.717, 1.165) is 0 Å². The van der Waals surface area contributed by atoms with Crippen molar-refractivity contribution in [2.24, 2.45) is 0 Å². The monoisotopic (exact) mass is 374 g/mol. The van der Waals surface area contributed by atoms with Crippen molar-refractivity contribution in [2.45, 2.75) is 32.4 Å². The minimum Gasteiger partial charge on any atom is -0.450 e. The van der Waals surface area contributed by atoms with Gasteiger partial charge in [-0.1, -0.05) is 12.1 Å². The van der Waals surface area contributed by atoms with Crippen LogP contribution >= 0.6 is 0 Å². The molecular weight excluding hydrogens is 352 g/mol. The van der Waals surface area contributed by atoms with E-state index in [9.17, 15) is 19.2 Å². The molecule has 2 amide bonds. The van der Waals surface area contributed by atoms with Crippen molar-refractivity contribution >= 4 is 22.9 Å². The summed E-state index contributed by atoms with van der Waals surface area (Å²) in [4.78, 5) is 52.0. The van der Waals surface area contributed by atoms with Crippen LogP contribution in [-0.4, -0.2) is 52.2 Å². The highest BCUT2D eigenvalue weighted by Crippen LogP contribution is 2.12. The number of fused-ring (bicyclic) bond motifs is 1. The fourth-order valence-corrected chi connectivity index (χ4v) is 3.24. The van der Waals surface area contributed by atoms with Gasteiger partial charge in [-0.2, -0.15) is 0 Å². The second-order valence-electron chi connectivity index (χ2n) is 6.39. The van der Waals surface area contributed by atoms with Crippen LogP contribution in [0.4, 0.5) is 4.79 Å². The molecule has 0 unspecified atom stereocenters. The number of hydrogen-bond donors (Lipinski definition) is 2. The number of amides is 2. The number of piperidine rings is 1. The molecule has 144 valence electrons. The van der Waals surface area contributed by atoms with Gasteiger partial charge in [0, 0.05) is 19.1 Å². The fourth-order valence-electron chi connectivity index (χ4n) is 3.24. The van der Waals surface area contributed by atoms with Crippen molar-refractivity contribution in [1.82, 2.24) is 19.8 Å². The van der Waals surface area contributed by atoms with Gasteiger partial charge < -0.3 is 15.0 Å². The zero-order valence-corrected chi connectivity index (χ0v) is 15.1. The molecule has 1 aliphatic heterocycles. The Balaban J connectivity index is 1.64. The summed E-state index contributed by atoms with van der Waals surface area (Å²) in [5.41, 5.74) is -0.678. The van der Waals surface area contributed by atoms with E-state index in [-0.39, 0.29) is 24.6 Å². The van der Waals surface area contributed by atoms with Gasteiger partial charge in [-0.25, -0.2) is 9.59 Å². The molecule has 2 heterocycles. The highest BCUT2D eigenvalue weighted by molar-refractivity contribution is 5.81. The number of aromatic nitrogens is 2. The van der Waals surface area contributed by atoms with Crippen LogP contribution in [0, 0.1) is 0 Å². The molecule has 2 aromatic rings. The summed E-state index contributed by atoms with van der Waals surface area (Å²) in [5, 5.41) is 3.25. The van der Waals surface area contributed by atoms with Gasteiger partial charge in [0.25, 0.3) is 5.56 Å². The SMILES string of the molecule is CCOC(=O)N1CCC(NC(=O)Cn2c(=O)[nH]c(=O)c3ccccc32)CC1.